The second kappa shape index (κ2) is 20.4. The number of hydrogen-bond acceptors (Lipinski definition) is 11. The number of pyridine rings is 1. The summed E-state index contributed by atoms with van der Waals surface area (Å²) in [5, 5.41) is 9.64. The average Bonchev–Trinajstić information content (AvgIpc) is 3.51. The maximum absolute atomic E-state index is 14.0. The molecule has 3 N–H and O–H groups in total. The number of amides is 5. The van der Waals surface area contributed by atoms with E-state index in [1.807, 2.05) is 13.0 Å². The van der Waals surface area contributed by atoms with E-state index >= 15 is 0 Å². The Morgan fingerprint density at radius 1 is 0.885 bits per heavy atom. The summed E-state index contributed by atoms with van der Waals surface area (Å²) < 4.78 is 36.7. The molecule has 2 fully saturated rings. The van der Waals surface area contributed by atoms with Crippen LogP contribution in [0, 0.1) is 17.7 Å². The summed E-state index contributed by atoms with van der Waals surface area (Å²) in [5.41, 5.74) is 3.37. The van der Waals surface area contributed by atoms with E-state index in [0.717, 1.165) is 47.0 Å². The van der Waals surface area contributed by atoms with Gasteiger partial charge in [0.05, 0.1) is 61.3 Å². The Balaban J connectivity index is 0.741. The Morgan fingerprint density at radius 2 is 1.62 bits per heavy atom. The first-order valence-corrected chi connectivity index (χ1v) is 21.1. The van der Waals surface area contributed by atoms with Crippen LogP contribution >= 0.6 is 11.6 Å². The standard InChI is InChI=1S/C45H49ClFN5O9/c1-27(28-5-7-29(8-6-28)32-15-16-48-36-12-9-30(47)25-34(32)36)42(54)50-31-10-11-35(46)39(26-31)61-24-23-60-22-21-59-20-19-58-18-17-49-37-4-2-3-33-41(37)45(57)52(44(33)56)38-13-14-40(53)51-43(38)55/h2-4,9-12,15-16,25-29,38,49H,5-8,13-14,17-24H2,1H3,(H,50,54)(H,51,53,55)/t27-,28?,29?,38?/m1/s1. The van der Waals surface area contributed by atoms with E-state index in [9.17, 15) is 28.4 Å². The monoisotopic (exact) mass is 857 g/mol. The fourth-order valence-electron chi connectivity index (χ4n) is 8.26. The number of nitrogens with one attached hydrogen (secondary N) is 3. The molecule has 3 aliphatic rings. The fraction of sp³-hybridized carbons (Fsp3) is 0.422. The van der Waals surface area contributed by atoms with Crippen molar-refractivity contribution in [3.63, 3.8) is 0 Å². The highest BCUT2D eigenvalue weighted by Crippen LogP contribution is 2.41. The number of carbonyl (C=O) groups is 5. The molecule has 1 aromatic heterocycles. The van der Waals surface area contributed by atoms with Crippen molar-refractivity contribution in [1.82, 2.24) is 15.2 Å². The van der Waals surface area contributed by atoms with E-state index in [1.165, 1.54) is 6.07 Å². The number of piperidine rings is 1. The molecule has 0 radical (unpaired) electrons. The predicted molar refractivity (Wildman–Crippen MR) is 225 cm³/mol. The lowest BCUT2D eigenvalue weighted by atomic mass is 9.73. The smallest absolute Gasteiger partial charge is 0.264 e. The van der Waals surface area contributed by atoms with E-state index in [2.05, 4.69) is 20.9 Å². The number of fused-ring (bicyclic) bond motifs is 2. The molecule has 14 nitrogen and oxygen atoms in total. The van der Waals surface area contributed by atoms with Gasteiger partial charge in [0.2, 0.25) is 17.7 Å². The van der Waals surface area contributed by atoms with Crippen LogP contribution in [0.15, 0.2) is 66.9 Å². The molecule has 7 rings (SSSR count). The van der Waals surface area contributed by atoms with Gasteiger partial charge in [-0.3, -0.25) is 39.2 Å². The molecule has 1 unspecified atom stereocenters. The molecular formula is C45H49ClFN5O9. The number of benzene rings is 3. The topological polar surface area (TPSA) is 174 Å². The zero-order chi connectivity index (χ0) is 42.9. The zero-order valence-electron chi connectivity index (χ0n) is 33.9. The van der Waals surface area contributed by atoms with Gasteiger partial charge >= 0.3 is 0 Å². The second-order valence-corrected chi connectivity index (χ2v) is 15.8. The first kappa shape index (κ1) is 43.6. The van der Waals surface area contributed by atoms with Gasteiger partial charge in [0, 0.05) is 47.9 Å². The number of halogens is 2. The van der Waals surface area contributed by atoms with Crippen molar-refractivity contribution in [3.05, 3.63) is 94.4 Å². The number of carbonyl (C=O) groups excluding carboxylic acids is 5. The van der Waals surface area contributed by atoms with Crippen molar-refractivity contribution in [1.29, 1.82) is 0 Å². The van der Waals surface area contributed by atoms with E-state index in [0.29, 0.717) is 74.3 Å². The summed E-state index contributed by atoms with van der Waals surface area (Å²) in [6.45, 7) is 4.53. The minimum atomic E-state index is -1.03. The van der Waals surface area contributed by atoms with Crippen molar-refractivity contribution in [3.8, 4) is 5.75 Å². The Labute approximate surface area is 357 Å². The van der Waals surface area contributed by atoms with Crippen molar-refractivity contribution >= 4 is 63.4 Å². The lowest BCUT2D eigenvalue weighted by Gasteiger charge is -2.32. The number of nitrogens with zero attached hydrogens (tertiary/aromatic N) is 2. The van der Waals surface area contributed by atoms with Gasteiger partial charge in [0.15, 0.2) is 0 Å². The highest BCUT2D eigenvalue weighted by Gasteiger charge is 2.45. The van der Waals surface area contributed by atoms with Crippen LogP contribution in [-0.4, -0.2) is 98.3 Å². The van der Waals surface area contributed by atoms with Crippen LogP contribution in [0.3, 0.4) is 0 Å². The molecule has 4 aromatic rings. The molecule has 3 aromatic carbocycles. The lowest BCUT2D eigenvalue weighted by molar-refractivity contribution is -0.136. The number of rotatable bonds is 19. The minimum absolute atomic E-state index is 0.0528. The van der Waals surface area contributed by atoms with Crippen molar-refractivity contribution in [2.75, 3.05) is 63.4 Å². The number of aromatic nitrogens is 1. The van der Waals surface area contributed by atoms with Crippen molar-refractivity contribution < 1.29 is 47.3 Å². The number of hydrogen-bond donors (Lipinski definition) is 3. The summed E-state index contributed by atoms with van der Waals surface area (Å²) in [6.07, 6.45) is 5.57. The van der Waals surface area contributed by atoms with Crippen LogP contribution in [0.1, 0.15) is 77.6 Å². The van der Waals surface area contributed by atoms with Crippen LogP contribution in [0.25, 0.3) is 10.9 Å². The largest absolute Gasteiger partial charge is 0.490 e. The van der Waals surface area contributed by atoms with E-state index in [1.54, 1.807) is 54.7 Å². The van der Waals surface area contributed by atoms with E-state index in [-0.39, 0.29) is 54.1 Å². The van der Waals surface area contributed by atoms with Crippen molar-refractivity contribution in [2.45, 2.75) is 57.4 Å². The SMILES string of the molecule is C[C@@H](C(=O)Nc1ccc(Cl)c(OCCOCCOCCOCCNc2cccc3c2C(=O)N(C2CCC(=O)NC2=O)C3=O)c1)C1CCC(c2ccnc3ccc(F)cc23)CC1. The maximum Gasteiger partial charge on any atom is 0.264 e. The van der Waals surface area contributed by atoms with Crippen LogP contribution in [0.4, 0.5) is 15.8 Å². The van der Waals surface area contributed by atoms with Gasteiger partial charge in [0.1, 0.15) is 24.2 Å². The van der Waals surface area contributed by atoms with Crippen LogP contribution in [0.5, 0.6) is 5.75 Å². The van der Waals surface area contributed by atoms with Gasteiger partial charge in [-0.05, 0) is 98.0 Å². The van der Waals surface area contributed by atoms with Gasteiger partial charge in [-0.15, -0.1) is 0 Å². The van der Waals surface area contributed by atoms with Gasteiger partial charge in [0.25, 0.3) is 11.8 Å². The summed E-state index contributed by atoms with van der Waals surface area (Å²) >= 11 is 6.39. The minimum Gasteiger partial charge on any atom is -0.490 e. The Morgan fingerprint density at radius 3 is 2.38 bits per heavy atom. The van der Waals surface area contributed by atoms with Crippen molar-refractivity contribution in [2.24, 2.45) is 11.8 Å². The third-order valence-corrected chi connectivity index (χ3v) is 11.8. The fourth-order valence-corrected chi connectivity index (χ4v) is 8.43. The van der Waals surface area contributed by atoms with Crippen LogP contribution < -0.4 is 20.7 Å². The molecule has 1 saturated carbocycles. The third-order valence-electron chi connectivity index (χ3n) is 11.5. The van der Waals surface area contributed by atoms with E-state index in [4.69, 9.17) is 30.5 Å². The van der Waals surface area contributed by atoms with Crippen LogP contribution in [-0.2, 0) is 28.6 Å². The highest BCUT2D eigenvalue weighted by atomic mass is 35.5. The summed E-state index contributed by atoms with van der Waals surface area (Å²) in [7, 11) is 0. The third kappa shape index (κ3) is 10.5. The molecule has 0 bridgehead atoms. The normalized spacial score (nSPS) is 19.5. The Hall–Kier alpha value is -5.48. The Kier molecular flexibility index (Phi) is 14.6. The lowest BCUT2D eigenvalue weighted by Crippen LogP contribution is -2.54. The Bertz CT molecular complexity index is 2270. The van der Waals surface area contributed by atoms with Gasteiger partial charge in [-0.25, -0.2) is 4.39 Å². The molecule has 2 aliphatic heterocycles. The molecule has 322 valence electrons. The first-order valence-electron chi connectivity index (χ1n) is 20.7. The number of ether oxygens (including phenoxy) is 4. The molecule has 2 atom stereocenters. The molecule has 5 amide bonds. The molecular weight excluding hydrogens is 809 g/mol. The first-order chi connectivity index (χ1) is 29.6. The zero-order valence-corrected chi connectivity index (χ0v) is 34.6. The summed E-state index contributed by atoms with van der Waals surface area (Å²) in [5.74, 6) is -1.78. The summed E-state index contributed by atoms with van der Waals surface area (Å²) in [6, 6.07) is 15.7. The number of imide groups is 2. The predicted octanol–water partition coefficient (Wildman–Crippen LogP) is 6.52. The quantitative estimate of drug-likeness (QED) is 0.0692. The highest BCUT2D eigenvalue weighted by molar-refractivity contribution is 6.32. The molecule has 1 saturated heterocycles. The molecule has 3 heterocycles. The van der Waals surface area contributed by atoms with E-state index < -0.39 is 29.7 Å². The van der Waals surface area contributed by atoms with Gasteiger partial charge in [-0.2, -0.15) is 0 Å². The molecule has 1 aliphatic carbocycles. The molecule has 61 heavy (non-hydrogen) atoms. The number of anilines is 2. The molecule has 16 heteroatoms. The van der Waals surface area contributed by atoms with Crippen LogP contribution in [0.2, 0.25) is 5.02 Å². The maximum atomic E-state index is 14.0. The molecule has 0 spiro atoms. The second-order valence-electron chi connectivity index (χ2n) is 15.4. The summed E-state index contributed by atoms with van der Waals surface area (Å²) in [4.78, 5) is 68.8. The average molecular weight is 858 g/mol. The van der Waals surface area contributed by atoms with Gasteiger partial charge < -0.3 is 29.6 Å². The van der Waals surface area contributed by atoms with Gasteiger partial charge in [-0.1, -0.05) is 24.6 Å².